The molecule has 2 rings (SSSR count). The number of Topliss-reactive ketones (excluding diaryl/α,β-unsaturated/α-hetero) is 1. The molecule has 0 bridgehead atoms. The smallest absolute Gasteiger partial charge is 0.341 e. The second-order valence-electron chi connectivity index (χ2n) is 4.08. The van der Waals surface area contributed by atoms with Crippen LogP contribution in [0.5, 0.6) is 11.5 Å². The number of benzene rings is 2. The topological polar surface area (TPSA) is 83.8 Å². The Morgan fingerprint density at radius 1 is 1.21 bits per heavy atom. The van der Waals surface area contributed by atoms with Gasteiger partial charge in [0, 0.05) is 0 Å². The zero-order chi connectivity index (χ0) is 14.0. The number of carbonyl (C=O) groups is 2. The number of fused-ring (bicyclic) bond motifs is 1. The van der Waals surface area contributed by atoms with Crippen molar-refractivity contribution in [3.8, 4) is 11.5 Å². The minimum Gasteiger partial charge on any atom is -0.507 e. The van der Waals surface area contributed by atoms with Crippen molar-refractivity contribution in [1.29, 1.82) is 0 Å². The molecule has 0 aliphatic heterocycles. The van der Waals surface area contributed by atoms with E-state index in [1.165, 1.54) is 13.0 Å². The highest BCUT2D eigenvalue weighted by Gasteiger charge is 2.12. The maximum Gasteiger partial charge on any atom is 0.341 e. The lowest BCUT2D eigenvalue weighted by molar-refractivity contribution is -0.139. The number of aromatic hydroxyl groups is 1. The average molecular weight is 260 g/mol. The van der Waals surface area contributed by atoms with E-state index in [2.05, 4.69) is 0 Å². The third-order valence-corrected chi connectivity index (χ3v) is 2.69. The number of carboxylic acids is 1. The first-order chi connectivity index (χ1) is 8.99. The number of hydrogen-bond donors (Lipinski definition) is 2. The summed E-state index contributed by atoms with van der Waals surface area (Å²) in [5.41, 5.74) is 0.207. The van der Waals surface area contributed by atoms with Gasteiger partial charge in [0.1, 0.15) is 11.5 Å². The standard InChI is InChI=1S/C14H12O5/c1-8(15)14-11-6-10(19-7-13(17)18)4-2-9(11)3-5-12(14)16/h2-6,16H,7H2,1H3,(H,17,18). The predicted molar refractivity (Wildman–Crippen MR) is 68.7 cm³/mol. The summed E-state index contributed by atoms with van der Waals surface area (Å²) in [4.78, 5) is 22.0. The molecule has 2 aromatic carbocycles. The van der Waals surface area contributed by atoms with Gasteiger partial charge in [-0.3, -0.25) is 4.79 Å². The number of aliphatic carboxylic acids is 1. The predicted octanol–water partition coefficient (Wildman–Crippen LogP) is 2.21. The van der Waals surface area contributed by atoms with Crippen LogP contribution in [0.25, 0.3) is 10.8 Å². The highest BCUT2D eigenvalue weighted by molar-refractivity contribution is 6.09. The highest BCUT2D eigenvalue weighted by atomic mass is 16.5. The van der Waals surface area contributed by atoms with Gasteiger partial charge in [0.25, 0.3) is 0 Å². The van der Waals surface area contributed by atoms with E-state index in [-0.39, 0.29) is 17.1 Å². The molecule has 98 valence electrons. The Morgan fingerprint density at radius 2 is 1.89 bits per heavy atom. The minimum absolute atomic E-state index is 0.101. The van der Waals surface area contributed by atoms with E-state index in [4.69, 9.17) is 9.84 Å². The monoisotopic (exact) mass is 260 g/mol. The molecular weight excluding hydrogens is 248 g/mol. The van der Waals surface area contributed by atoms with E-state index in [0.717, 1.165) is 5.39 Å². The number of ketones is 1. The van der Waals surface area contributed by atoms with Crippen LogP contribution in [-0.2, 0) is 4.79 Å². The summed E-state index contributed by atoms with van der Waals surface area (Å²) in [7, 11) is 0. The molecule has 0 heterocycles. The summed E-state index contributed by atoms with van der Waals surface area (Å²) in [6.07, 6.45) is 0. The lowest BCUT2D eigenvalue weighted by Gasteiger charge is -2.09. The molecule has 0 saturated carbocycles. The largest absolute Gasteiger partial charge is 0.507 e. The van der Waals surface area contributed by atoms with Crippen molar-refractivity contribution in [1.82, 2.24) is 0 Å². The zero-order valence-electron chi connectivity index (χ0n) is 10.2. The molecule has 0 unspecified atom stereocenters. The van der Waals surface area contributed by atoms with Crippen molar-refractivity contribution in [2.45, 2.75) is 6.92 Å². The first-order valence-electron chi connectivity index (χ1n) is 5.60. The summed E-state index contributed by atoms with van der Waals surface area (Å²) in [6, 6.07) is 8.01. The van der Waals surface area contributed by atoms with E-state index < -0.39 is 12.6 Å². The molecule has 0 aromatic heterocycles. The summed E-state index contributed by atoms with van der Waals surface area (Å²) < 4.78 is 5.06. The van der Waals surface area contributed by atoms with Gasteiger partial charge in [0.05, 0.1) is 5.56 Å². The second-order valence-corrected chi connectivity index (χ2v) is 4.08. The van der Waals surface area contributed by atoms with E-state index in [1.807, 2.05) is 0 Å². The zero-order valence-corrected chi connectivity index (χ0v) is 10.2. The molecule has 0 amide bonds. The number of ether oxygens (including phenoxy) is 1. The van der Waals surface area contributed by atoms with Crippen molar-refractivity contribution in [2.24, 2.45) is 0 Å². The molecule has 5 nitrogen and oxygen atoms in total. The Hall–Kier alpha value is -2.56. The van der Waals surface area contributed by atoms with Crippen LogP contribution in [0.15, 0.2) is 30.3 Å². The van der Waals surface area contributed by atoms with Crippen LogP contribution in [0.3, 0.4) is 0 Å². The maximum absolute atomic E-state index is 11.6. The lowest BCUT2D eigenvalue weighted by Crippen LogP contribution is -2.09. The third-order valence-electron chi connectivity index (χ3n) is 2.69. The molecule has 2 N–H and O–H groups in total. The first-order valence-corrected chi connectivity index (χ1v) is 5.60. The second kappa shape index (κ2) is 4.97. The van der Waals surface area contributed by atoms with Crippen LogP contribution in [0.1, 0.15) is 17.3 Å². The van der Waals surface area contributed by atoms with Gasteiger partial charge in [0.15, 0.2) is 12.4 Å². The molecule has 0 atom stereocenters. The molecule has 2 aromatic rings. The summed E-state index contributed by atoms with van der Waals surface area (Å²) in [6.45, 7) is 0.902. The fourth-order valence-electron chi connectivity index (χ4n) is 1.89. The Morgan fingerprint density at radius 3 is 2.53 bits per heavy atom. The van der Waals surface area contributed by atoms with E-state index >= 15 is 0 Å². The lowest BCUT2D eigenvalue weighted by atomic mass is 10.0. The van der Waals surface area contributed by atoms with Crippen molar-refractivity contribution < 1.29 is 24.5 Å². The maximum atomic E-state index is 11.6. The van der Waals surface area contributed by atoms with Crippen LogP contribution >= 0.6 is 0 Å². The fraction of sp³-hybridized carbons (Fsp3) is 0.143. The molecule has 0 fully saturated rings. The van der Waals surface area contributed by atoms with Crippen molar-refractivity contribution in [2.75, 3.05) is 6.61 Å². The highest BCUT2D eigenvalue weighted by Crippen LogP contribution is 2.30. The Balaban J connectivity index is 2.53. The third kappa shape index (κ3) is 2.65. The molecule has 0 aliphatic carbocycles. The number of carboxylic acid groups (broad SMARTS) is 1. The number of hydrogen-bond acceptors (Lipinski definition) is 4. The molecular formula is C14H12O5. The van der Waals surface area contributed by atoms with Crippen LogP contribution in [-0.4, -0.2) is 28.6 Å². The number of phenolic OH excluding ortho intramolecular Hbond substituents is 1. The van der Waals surface area contributed by atoms with Gasteiger partial charge in [-0.05, 0) is 35.9 Å². The molecule has 0 spiro atoms. The molecule has 19 heavy (non-hydrogen) atoms. The van der Waals surface area contributed by atoms with Crippen LogP contribution in [0.2, 0.25) is 0 Å². The summed E-state index contributed by atoms with van der Waals surface area (Å²) in [5.74, 6) is -1.11. The van der Waals surface area contributed by atoms with Gasteiger partial charge in [-0.15, -0.1) is 0 Å². The van der Waals surface area contributed by atoms with Crippen LogP contribution in [0.4, 0.5) is 0 Å². The minimum atomic E-state index is -1.08. The Bertz CT molecular complexity index is 660. The van der Waals surface area contributed by atoms with Crippen molar-refractivity contribution in [3.63, 3.8) is 0 Å². The Kier molecular flexibility index (Phi) is 3.37. The SMILES string of the molecule is CC(=O)c1c(O)ccc2ccc(OCC(=O)O)cc12. The van der Waals surface area contributed by atoms with Crippen LogP contribution < -0.4 is 4.74 Å². The molecule has 5 heteroatoms. The van der Waals surface area contributed by atoms with Gasteiger partial charge >= 0.3 is 5.97 Å². The molecule has 0 aliphatic rings. The van der Waals surface area contributed by atoms with Crippen molar-refractivity contribution in [3.05, 3.63) is 35.9 Å². The summed E-state index contributed by atoms with van der Waals surface area (Å²) in [5, 5.41) is 19.6. The van der Waals surface area contributed by atoms with Gasteiger partial charge in [0.2, 0.25) is 0 Å². The first kappa shape index (κ1) is 12.9. The number of phenols is 1. The van der Waals surface area contributed by atoms with E-state index in [0.29, 0.717) is 11.1 Å². The van der Waals surface area contributed by atoms with E-state index in [1.54, 1.807) is 24.3 Å². The molecule has 0 radical (unpaired) electrons. The van der Waals surface area contributed by atoms with Crippen LogP contribution in [0, 0.1) is 0 Å². The van der Waals surface area contributed by atoms with E-state index in [9.17, 15) is 14.7 Å². The van der Waals surface area contributed by atoms with Gasteiger partial charge in [-0.1, -0.05) is 12.1 Å². The van der Waals surface area contributed by atoms with Gasteiger partial charge in [-0.25, -0.2) is 4.79 Å². The van der Waals surface area contributed by atoms with Gasteiger partial charge in [-0.2, -0.15) is 0 Å². The molecule has 0 saturated heterocycles. The quantitative estimate of drug-likeness (QED) is 0.823. The Labute approximate surface area is 109 Å². The van der Waals surface area contributed by atoms with Crippen molar-refractivity contribution >= 4 is 22.5 Å². The normalized spacial score (nSPS) is 10.4. The average Bonchev–Trinajstić information content (AvgIpc) is 2.35. The fourth-order valence-corrected chi connectivity index (χ4v) is 1.89. The summed E-state index contributed by atoms with van der Waals surface area (Å²) >= 11 is 0. The number of carbonyl (C=O) groups excluding carboxylic acids is 1. The number of rotatable bonds is 4. The van der Waals surface area contributed by atoms with Gasteiger partial charge < -0.3 is 14.9 Å².